The summed E-state index contributed by atoms with van der Waals surface area (Å²) in [6.07, 6.45) is 0. The molecule has 0 aliphatic heterocycles. The van der Waals surface area contributed by atoms with E-state index >= 15 is 0 Å². The molecule has 0 aliphatic rings. The quantitative estimate of drug-likeness (QED) is 0.633. The summed E-state index contributed by atoms with van der Waals surface area (Å²) < 4.78 is 5.79. The van der Waals surface area contributed by atoms with Crippen molar-refractivity contribution in [2.24, 2.45) is 5.84 Å². The molecule has 3 heteroatoms. The fourth-order valence-corrected chi connectivity index (χ4v) is 2.33. The van der Waals surface area contributed by atoms with E-state index in [1.807, 2.05) is 6.92 Å². The Labute approximate surface area is 117 Å². The first-order valence-electron chi connectivity index (χ1n) is 6.93. The maximum absolute atomic E-state index is 5.79. The van der Waals surface area contributed by atoms with Crippen molar-refractivity contribution in [3.8, 4) is 0 Å². The second kappa shape index (κ2) is 6.04. The smallest absolute Gasteiger partial charge is 0.0833 e. The summed E-state index contributed by atoms with van der Waals surface area (Å²) in [6, 6.07) is 8.57. The van der Waals surface area contributed by atoms with Crippen LogP contribution in [0.15, 0.2) is 24.3 Å². The first-order valence-corrected chi connectivity index (χ1v) is 6.93. The number of nitrogens with one attached hydrogen (secondary N) is 1. The fourth-order valence-electron chi connectivity index (χ4n) is 2.33. The highest BCUT2D eigenvalue weighted by Crippen LogP contribution is 2.30. The van der Waals surface area contributed by atoms with E-state index in [0.29, 0.717) is 6.61 Å². The van der Waals surface area contributed by atoms with Crippen molar-refractivity contribution in [3.63, 3.8) is 0 Å². The molecule has 0 heterocycles. The van der Waals surface area contributed by atoms with Crippen LogP contribution in [0, 0.1) is 0 Å². The predicted molar refractivity (Wildman–Crippen MR) is 80.9 cm³/mol. The van der Waals surface area contributed by atoms with E-state index in [9.17, 15) is 0 Å². The van der Waals surface area contributed by atoms with Gasteiger partial charge in [-0.1, -0.05) is 45.0 Å². The number of hydrogen-bond donors (Lipinski definition) is 2. The third-order valence-corrected chi connectivity index (χ3v) is 3.49. The van der Waals surface area contributed by atoms with Gasteiger partial charge in [0.25, 0.3) is 0 Å². The van der Waals surface area contributed by atoms with Crippen LogP contribution in [0.25, 0.3) is 0 Å². The van der Waals surface area contributed by atoms with Gasteiger partial charge in [-0.15, -0.1) is 0 Å². The Balaban J connectivity index is 3.01. The van der Waals surface area contributed by atoms with Crippen LogP contribution in [0.1, 0.15) is 58.7 Å². The molecule has 1 atom stereocenters. The summed E-state index contributed by atoms with van der Waals surface area (Å²) in [6.45, 7) is 13.4. The summed E-state index contributed by atoms with van der Waals surface area (Å²) in [5, 5.41) is 0. The van der Waals surface area contributed by atoms with E-state index in [1.54, 1.807) is 0 Å². The normalized spacial score (nSPS) is 14.5. The summed E-state index contributed by atoms with van der Waals surface area (Å²) in [7, 11) is 0. The van der Waals surface area contributed by atoms with Gasteiger partial charge in [-0.3, -0.25) is 11.3 Å². The van der Waals surface area contributed by atoms with Gasteiger partial charge in [-0.05, 0) is 37.3 Å². The van der Waals surface area contributed by atoms with Gasteiger partial charge in [0, 0.05) is 6.61 Å². The van der Waals surface area contributed by atoms with Gasteiger partial charge in [0.15, 0.2) is 0 Å². The molecule has 3 N–H and O–H groups in total. The third-order valence-electron chi connectivity index (χ3n) is 3.49. The largest absolute Gasteiger partial charge is 0.374 e. The molecule has 0 aliphatic carbocycles. The molecule has 0 saturated carbocycles. The second-order valence-corrected chi connectivity index (χ2v) is 6.51. The Bertz CT molecular complexity index is 390. The van der Waals surface area contributed by atoms with E-state index in [2.05, 4.69) is 64.3 Å². The van der Waals surface area contributed by atoms with E-state index in [0.717, 1.165) is 5.56 Å². The molecular formula is C16H28N2O. The summed E-state index contributed by atoms with van der Waals surface area (Å²) >= 11 is 0. The standard InChI is InChI=1S/C16H28N2O/c1-7-19-16(5,6)14(18-17)12-8-10-13(11-9-12)15(2,3)4/h8-11,14,18H,7,17H2,1-6H3. The summed E-state index contributed by atoms with van der Waals surface area (Å²) in [4.78, 5) is 0. The molecule has 19 heavy (non-hydrogen) atoms. The van der Waals surface area contributed by atoms with Crippen molar-refractivity contribution >= 4 is 0 Å². The SMILES string of the molecule is CCOC(C)(C)C(NN)c1ccc(C(C)(C)C)cc1. The van der Waals surface area contributed by atoms with Crippen molar-refractivity contribution < 1.29 is 4.74 Å². The minimum absolute atomic E-state index is 0.0264. The summed E-state index contributed by atoms with van der Waals surface area (Å²) in [5.74, 6) is 5.72. The predicted octanol–water partition coefficient (Wildman–Crippen LogP) is 3.30. The lowest BCUT2D eigenvalue weighted by atomic mass is 9.85. The van der Waals surface area contributed by atoms with Gasteiger partial charge in [-0.25, -0.2) is 0 Å². The molecule has 108 valence electrons. The maximum Gasteiger partial charge on any atom is 0.0833 e. The van der Waals surface area contributed by atoms with Crippen LogP contribution in [-0.4, -0.2) is 12.2 Å². The van der Waals surface area contributed by atoms with Crippen molar-refractivity contribution in [3.05, 3.63) is 35.4 Å². The molecule has 0 amide bonds. The molecule has 0 aromatic heterocycles. The molecule has 1 aromatic rings. The zero-order valence-corrected chi connectivity index (χ0v) is 13.1. The van der Waals surface area contributed by atoms with Crippen LogP contribution in [0.3, 0.4) is 0 Å². The van der Waals surface area contributed by atoms with Crippen LogP contribution in [0.4, 0.5) is 0 Å². The van der Waals surface area contributed by atoms with E-state index in [-0.39, 0.29) is 17.1 Å². The lowest BCUT2D eigenvalue weighted by Gasteiger charge is -2.34. The number of hydrazine groups is 1. The Hall–Kier alpha value is -0.900. The molecule has 1 unspecified atom stereocenters. The van der Waals surface area contributed by atoms with Crippen LogP contribution < -0.4 is 11.3 Å². The first kappa shape index (κ1) is 16.2. The average molecular weight is 264 g/mol. The summed E-state index contributed by atoms with van der Waals surface area (Å²) in [5.41, 5.74) is 5.17. The Kier molecular flexibility index (Phi) is 5.13. The lowest BCUT2D eigenvalue weighted by molar-refractivity contribution is -0.0392. The second-order valence-electron chi connectivity index (χ2n) is 6.51. The van der Waals surface area contributed by atoms with Crippen molar-refractivity contribution in [1.82, 2.24) is 5.43 Å². The van der Waals surface area contributed by atoms with Crippen molar-refractivity contribution in [2.75, 3.05) is 6.61 Å². The average Bonchev–Trinajstić information content (AvgIpc) is 2.28. The number of benzene rings is 1. The lowest BCUT2D eigenvalue weighted by Crippen LogP contribution is -2.44. The number of hydrogen-bond acceptors (Lipinski definition) is 3. The van der Waals surface area contributed by atoms with Gasteiger partial charge < -0.3 is 4.74 Å². The monoisotopic (exact) mass is 264 g/mol. The van der Waals surface area contributed by atoms with Crippen molar-refractivity contribution in [1.29, 1.82) is 0 Å². The molecule has 0 saturated heterocycles. The fraction of sp³-hybridized carbons (Fsp3) is 0.625. The van der Waals surface area contributed by atoms with Crippen LogP contribution in [0.5, 0.6) is 0 Å². The third kappa shape index (κ3) is 4.03. The van der Waals surface area contributed by atoms with Crippen LogP contribution in [0.2, 0.25) is 0 Å². The molecule has 1 rings (SSSR count). The highest BCUT2D eigenvalue weighted by atomic mass is 16.5. The topological polar surface area (TPSA) is 47.3 Å². The van der Waals surface area contributed by atoms with Crippen LogP contribution >= 0.6 is 0 Å². The Morgan fingerprint density at radius 3 is 2.00 bits per heavy atom. The molecule has 0 spiro atoms. The highest BCUT2D eigenvalue weighted by molar-refractivity contribution is 5.30. The van der Waals surface area contributed by atoms with Gasteiger partial charge in [0.2, 0.25) is 0 Å². The maximum atomic E-state index is 5.79. The van der Waals surface area contributed by atoms with E-state index in [4.69, 9.17) is 10.6 Å². The number of nitrogens with two attached hydrogens (primary N) is 1. The highest BCUT2D eigenvalue weighted by Gasteiger charge is 2.30. The number of rotatable bonds is 5. The van der Waals surface area contributed by atoms with Gasteiger partial charge in [0.1, 0.15) is 0 Å². The van der Waals surface area contributed by atoms with Crippen LogP contribution in [-0.2, 0) is 10.2 Å². The van der Waals surface area contributed by atoms with Gasteiger partial charge >= 0.3 is 0 Å². The first-order chi connectivity index (χ1) is 8.72. The zero-order valence-electron chi connectivity index (χ0n) is 13.1. The molecule has 1 aromatic carbocycles. The van der Waals surface area contributed by atoms with E-state index < -0.39 is 0 Å². The van der Waals surface area contributed by atoms with Crippen molar-refractivity contribution in [2.45, 2.75) is 58.6 Å². The minimum Gasteiger partial charge on any atom is -0.374 e. The Morgan fingerprint density at radius 2 is 1.63 bits per heavy atom. The number of ether oxygens (including phenoxy) is 1. The van der Waals surface area contributed by atoms with E-state index in [1.165, 1.54) is 5.56 Å². The molecule has 0 radical (unpaired) electrons. The Morgan fingerprint density at radius 1 is 1.11 bits per heavy atom. The van der Waals surface area contributed by atoms with Gasteiger partial charge in [0.05, 0.1) is 11.6 Å². The molecule has 3 nitrogen and oxygen atoms in total. The zero-order chi connectivity index (χ0) is 14.7. The molecule has 0 bridgehead atoms. The van der Waals surface area contributed by atoms with Gasteiger partial charge in [-0.2, -0.15) is 0 Å². The minimum atomic E-state index is -0.341. The molecular weight excluding hydrogens is 236 g/mol. The molecule has 0 fully saturated rings.